The van der Waals surface area contributed by atoms with Gasteiger partial charge in [0.15, 0.2) is 0 Å². The number of carbonyl (C=O) groups excluding carboxylic acids is 2. The summed E-state index contributed by atoms with van der Waals surface area (Å²) in [5, 5.41) is 14.5. The second-order valence-corrected chi connectivity index (χ2v) is 6.73. The maximum absolute atomic E-state index is 12.2. The summed E-state index contributed by atoms with van der Waals surface area (Å²) in [5.41, 5.74) is 0.827. The van der Waals surface area contributed by atoms with Crippen LogP contribution in [0.1, 0.15) is 44.6 Å². The van der Waals surface area contributed by atoms with Gasteiger partial charge in [0.25, 0.3) is 0 Å². The van der Waals surface area contributed by atoms with E-state index in [1.807, 2.05) is 30.3 Å². The first-order chi connectivity index (χ1) is 12.0. The number of hydrogen-bond donors (Lipinski definition) is 3. The minimum Gasteiger partial charge on any atom is -0.480 e. The minimum atomic E-state index is -1.10. The molecule has 0 aromatic heterocycles. The van der Waals surface area contributed by atoms with Gasteiger partial charge in [0.2, 0.25) is 11.8 Å². The summed E-state index contributed by atoms with van der Waals surface area (Å²) in [6, 6.07) is 7.34. The number of rotatable bonds is 8. The number of carbonyl (C=O) groups is 3. The van der Waals surface area contributed by atoms with Crippen molar-refractivity contribution >= 4 is 17.8 Å². The summed E-state index contributed by atoms with van der Waals surface area (Å²) in [4.78, 5) is 35.7. The molecule has 1 aliphatic rings. The largest absolute Gasteiger partial charge is 0.480 e. The highest BCUT2D eigenvalue weighted by atomic mass is 16.4. The molecule has 25 heavy (non-hydrogen) atoms. The maximum Gasteiger partial charge on any atom is 0.326 e. The van der Waals surface area contributed by atoms with E-state index in [0.717, 1.165) is 31.2 Å². The molecule has 0 saturated heterocycles. The zero-order valence-electron chi connectivity index (χ0n) is 14.5. The Balaban J connectivity index is 1.84. The average Bonchev–Trinajstić information content (AvgIpc) is 3.07. The lowest BCUT2D eigenvalue weighted by Crippen LogP contribution is -2.51. The van der Waals surface area contributed by atoms with E-state index in [0.29, 0.717) is 12.3 Å². The fourth-order valence-corrected chi connectivity index (χ4v) is 3.19. The molecule has 0 bridgehead atoms. The van der Waals surface area contributed by atoms with Gasteiger partial charge in [-0.25, -0.2) is 4.79 Å². The summed E-state index contributed by atoms with van der Waals surface area (Å²) in [5.74, 6) is -1.32. The fourth-order valence-electron chi connectivity index (χ4n) is 3.19. The molecule has 0 spiro atoms. The predicted molar refractivity (Wildman–Crippen MR) is 93.9 cm³/mol. The minimum absolute atomic E-state index is 0.149. The van der Waals surface area contributed by atoms with Crippen molar-refractivity contribution < 1.29 is 19.5 Å². The Kier molecular flexibility index (Phi) is 6.98. The fraction of sp³-hybridized carbons (Fsp3) is 0.526. The van der Waals surface area contributed by atoms with Crippen molar-refractivity contribution in [1.82, 2.24) is 10.6 Å². The molecule has 2 atom stereocenters. The molecule has 1 aromatic carbocycles. The Hall–Kier alpha value is -2.37. The standard InChI is InChI=1S/C19H26N2O4/c1-13(20-17(22)12-15-9-5-6-10-15)18(23)21-16(19(24)25)11-14-7-3-2-4-8-14/h2-4,7-8,13,15-16H,5-6,9-12H2,1H3,(H,20,22)(H,21,23)(H,24,25)/t13-,16-/m0/s1. The topological polar surface area (TPSA) is 95.5 Å². The van der Waals surface area contributed by atoms with Gasteiger partial charge >= 0.3 is 5.97 Å². The van der Waals surface area contributed by atoms with Crippen molar-refractivity contribution in [2.75, 3.05) is 0 Å². The van der Waals surface area contributed by atoms with Gasteiger partial charge in [0.1, 0.15) is 12.1 Å². The van der Waals surface area contributed by atoms with Crippen LogP contribution in [-0.2, 0) is 20.8 Å². The van der Waals surface area contributed by atoms with Gasteiger partial charge < -0.3 is 15.7 Å². The average molecular weight is 346 g/mol. The molecule has 3 N–H and O–H groups in total. The van der Waals surface area contributed by atoms with Gasteiger partial charge in [-0.2, -0.15) is 0 Å². The lowest BCUT2D eigenvalue weighted by molar-refractivity contribution is -0.142. The molecule has 0 radical (unpaired) electrons. The zero-order valence-corrected chi connectivity index (χ0v) is 14.5. The molecule has 2 amide bonds. The third kappa shape index (κ3) is 6.21. The van der Waals surface area contributed by atoms with E-state index in [-0.39, 0.29) is 12.3 Å². The molecule has 0 heterocycles. The van der Waals surface area contributed by atoms with Crippen molar-refractivity contribution in [3.63, 3.8) is 0 Å². The van der Waals surface area contributed by atoms with Crippen LogP contribution >= 0.6 is 0 Å². The van der Waals surface area contributed by atoms with Crippen molar-refractivity contribution in [1.29, 1.82) is 0 Å². The predicted octanol–water partition coefficient (Wildman–Crippen LogP) is 1.88. The first-order valence-electron chi connectivity index (χ1n) is 8.82. The van der Waals surface area contributed by atoms with Crippen molar-refractivity contribution in [3.8, 4) is 0 Å². The highest BCUT2D eigenvalue weighted by molar-refractivity contribution is 5.90. The Morgan fingerprint density at radius 1 is 1.12 bits per heavy atom. The van der Waals surface area contributed by atoms with Crippen LogP contribution in [0.5, 0.6) is 0 Å². The number of carboxylic acids is 1. The van der Waals surface area contributed by atoms with Gasteiger partial charge in [-0.1, -0.05) is 43.2 Å². The van der Waals surface area contributed by atoms with E-state index in [9.17, 15) is 19.5 Å². The lowest BCUT2D eigenvalue weighted by Gasteiger charge is -2.19. The summed E-state index contributed by atoms with van der Waals surface area (Å²) >= 11 is 0. The molecule has 6 nitrogen and oxygen atoms in total. The maximum atomic E-state index is 12.2. The van der Waals surface area contributed by atoms with Crippen LogP contribution in [0.4, 0.5) is 0 Å². The van der Waals surface area contributed by atoms with Gasteiger partial charge in [0.05, 0.1) is 0 Å². The van der Waals surface area contributed by atoms with Crippen LogP contribution in [0.25, 0.3) is 0 Å². The molecule has 1 aliphatic carbocycles. The monoisotopic (exact) mass is 346 g/mol. The van der Waals surface area contributed by atoms with E-state index in [2.05, 4.69) is 10.6 Å². The van der Waals surface area contributed by atoms with Gasteiger partial charge in [-0.05, 0) is 31.2 Å². The Bertz CT molecular complexity index is 597. The second-order valence-electron chi connectivity index (χ2n) is 6.73. The van der Waals surface area contributed by atoms with Crippen LogP contribution < -0.4 is 10.6 Å². The molecule has 1 aromatic rings. The van der Waals surface area contributed by atoms with Crippen molar-refractivity contribution in [2.24, 2.45) is 5.92 Å². The number of aliphatic carboxylic acids is 1. The van der Waals surface area contributed by atoms with Gasteiger partial charge in [-0.3, -0.25) is 9.59 Å². The summed E-state index contributed by atoms with van der Waals surface area (Å²) in [6.45, 7) is 1.57. The van der Waals surface area contributed by atoms with E-state index in [4.69, 9.17) is 0 Å². The summed E-state index contributed by atoms with van der Waals surface area (Å²) in [7, 11) is 0. The molecule has 6 heteroatoms. The number of nitrogens with one attached hydrogen (secondary N) is 2. The summed E-state index contributed by atoms with van der Waals surface area (Å²) in [6.07, 6.45) is 5.08. The van der Waals surface area contributed by atoms with E-state index >= 15 is 0 Å². The van der Waals surface area contributed by atoms with Gasteiger partial charge in [0, 0.05) is 12.8 Å². The molecule has 1 saturated carbocycles. The highest BCUT2D eigenvalue weighted by Crippen LogP contribution is 2.27. The highest BCUT2D eigenvalue weighted by Gasteiger charge is 2.25. The van der Waals surface area contributed by atoms with E-state index in [1.165, 1.54) is 0 Å². The molecule has 136 valence electrons. The Morgan fingerprint density at radius 2 is 1.76 bits per heavy atom. The number of amides is 2. The summed E-state index contributed by atoms with van der Waals surface area (Å²) < 4.78 is 0. The molecule has 1 fully saturated rings. The zero-order chi connectivity index (χ0) is 18.2. The second kappa shape index (κ2) is 9.20. The van der Waals surface area contributed by atoms with Crippen LogP contribution in [0.2, 0.25) is 0 Å². The molecule has 2 rings (SSSR count). The Labute approximate surface area is 148 Å². The number of hydrogen-bond acceptors (Lipinski definition) is 3. The van der Waals surface area contributed by atoms with E-state index < -0.39 is 24.0 Å². The third-order valence-electron chi connectivity index (χ3n) is 4.62. The SMILES string of the molecule is C[C@H](NC(=O)CC1CCCC1)C(=O)N[C@@H](Cc1ccccc1)C(=O)O. The first-order valence-corrected chi connectivity index (χ1v) is 8.82. The third-order valence-corrected chi connectivity index (χ3v) is 4.62. The lowest BCUT2D eigenvalue weighted by atomic mass is 10.0. The van der Waals surface area contributed by atoms with Crippen LogP contribution in [0.15, 0.2) is 30.3 Å². The Morgan fingerprint density at radius 3 is 2.36 bits per heavy atom. The van der Waals surface area contributed by atoms with E-state index in [1.54, 1.807) is 6.92 Å². The quantitative estimate of drug-likeness (QED) is 0.670. The van der Waals surface area contributed by atoms with Gasteiger partial charge in [-0.15, -0.1) is 0 Å². The van der Waals surface area contributed by atoms with Crippen LogP contribution in [-0.4, -0.2) is 35.0 Å². The number of carboxylic acid groups (broad SMARTS) is 1. The van der Waals surface area contributed by atoms with Crippen LogP contribution in [0, 0.1) is 5.92 Å². The number of benzene rings is 1. The normalized spacial score (nSPS) is 16.8. The van der Waals surface area contributed by atoms with Crippen molar-refractivity contribution in [3.05, 3.63) is 35.9 Å². The van der Waals surface area contributed by atoms with Crippen molar-refractivity contribution in [2.45, 2.75) is 57.5 Å². The molecular weight excluding hydrogens is 320 g/mol. The smallest absolute Gasteiger partial charge is 0.326 e. The molecule has 0 unspecified atom stereocenters. The van der Waals surface area contributed by atoms with Crippen LogP contribution in [0.3, 0.4) is 0 Å². The molecule has 0 aliphatic heterocycles. The first kappa shape index (κ1) is 19.0. The molecular formula is C19H26N2O4.